The van der Waals surface area contributed by atoms with Crippen LogP contribution in [-0.2, 0) is 0 Å². The zero-order valence-corrected chi connectivity index (χ0v) is 13.9. The largest absolute Gasteiger partial charge is 0.388 e. The molecule has 1 aliphatic heterocycles. The molecule has 1 saturated heterocycles. The van der Waals surface area contributed by atoms with Crippen molar-refractivity contribution in [3.05, 3.63) is 35.4 Å². The molecule has 2 heteroatoms. The van der Waals surface area contributed by atoms with Gasteiger partial charge in [0.05, 0.1) is 6.10 Å². The number of rotatable bonds is 6. The van der Waals surface area contributed by atoms with Gasteiger partial charge in [-0.15, -0.1) is 0 Å². The molecule has 0 aliphatic carbocycles. The Labute approximate surface area is 130 Å². The highest BCUT2D eigenvalue weighted by Gasteiger charge is 2.31. The first kappa shape index (κ1) is 16.5. The van der Waals surface area contributed by atoms with Crippen molar-refractivity contribution in [1.82, 2.24) is 4.90 Å². The third kappa shape index (κ3) is 4.31. The Bertz CT molecular complexity index is 412. The van der Waals surface area contributed by atoms with Crippen LogP contribution in [0.5, 0.6) is 0 Å². The second-order valence-electron chi connectivity index (χ2n) is 6.76. The summed E-state index contributed by atoms with van der Waals surface area (Å²) in [5.74, 6) is 0. The fourth-order valence-corrected chi connectivity index (χ4v) is 3.47. The molecule has 0 radical (unpaired) electrons. The van der Waals surface area contributed by atoms with Gasteiger partial charge in [-0.1, -0.05) is 56.5 Å². The van der Waals surface area contributed by atoms with Crippen LogP contribution in [0.25, 0.3) is 0 Å². The van der Waals surface area contributed by atoms with E-state index in [9.17, 15) is 5.11 Å². The van der Waals surface area contributed by atoms with Crippen LogP contribution >= 0.6 is 0 Å². The van der Waals surface area contributed by atoms with Crippen molar-refractivity contribution in [3.63, 3.8) is 0 Å². The summed E-state index contributed by atoms with van der Waals surface area (Å²) in [5, 5.41) is 10.3. The zero-order chi connectivity index (χ0) is 15.3. The maximum Gasteiger partial charge on any atom is 0.0802 e. The predicted octanol–water partition coefficient (Wildman–Crippen LogP) is 4.32. The molecule has 1 aromatic rings. The summed E-state index contributed by atoms with van der Waals surface area (Å²) in [7, 11) is 0. The van der Waals surface area contributed by atoms with Crippen molar-refractivity contribution in [1.29, 1.82) is 0 Å². The smallest absolute Gasteiger partial charge is 0.0802 e. The lowest BCUT2D eigenvalue weighted by Gasteiger charge is -2.41. The van der Waals surface area contributed by atoms with Crippen molar-refractivity contribution in [2.75, 3.05) is 19.6 Å². The molecule has 2 nitrogen and oxygen atoms in total. The molecule has 1 N–H and O–H groups in total. The van der Waals surface area contributed by atoms with Crippen LogP contribution in [0.15, 0.2) is 24.3 Å². The van der Waals surface area contributed by atoms with Gasteiger partial charge in [0.1, 0.15) is 0 Å². The third-order valence-corrected chi connectivity index (χ3v) is 5.60. The van der Waals surface area contributed by atoms with E-state index in [1.807, 2.05) is 0 Å². The summed E-state index contributed by atoms with van der Waals surface area (Å²) >= 11 is 0. The molecule has 1 aliphatic rings. The number of aliphatic hydroxyl groups excluding tert-OH is 1. The van der Waals surface area contributed by atoms with Gasteiger partial charge >= 0.3 is 0 Å². The second kappa shape index (κ2) is 7.42. The molecular weight excluding hydrogens is 258 g/mol. The van der Waals surface area contributed by atoms with Crippen molar-refractivity contribution in [2.24, 2.45) is 5.41 Å². The molecule has 118 valence electrons. The number of benzene rings is 1. The molecule has 1 unspecified atom stereocenters. The predicted molar refractivity (Wildman–Crippen MR) is 89.4 cm³/mol. The van der Waals surface area contributed by atoms with E-state index in [1.165, 1.54) is 44.3 Å². The summed E-state index contributed by atoms with van der Waals surface area (Å²) in [6.07, 6.45) is 5.78. The van der Waals surface area contributed by atoms with Crippen molar-refractivity contribution in [3.8, 4) is 0 Å². The first-order valence-corrected chi connectivity index (χ1v) is 8.55. The van der Waals surface area contributed by atoms with Gasteiger partial charge in [0.2, 0.25) is 0 Å². The lowest BCUT2D eigenvalue weighted by molar-refractivity contribution is 0.0782. The minimum absolute atomic E-state index is 0.324. The summed E-state index contributed by atoms with van der Waals surface area (Å²) < 4.78 is 0. The quantitative estimate of drug-likeness (QED) is 0.843. The standard InChI is InChI=1S/C19H31NO/c1-4-19(5-2)11-14-20(15-12-19)13-10-18(21)17-8-6-16(3)7-9-17/h6-9,18,21H,4-5,10-15H2,1-3H3. The number of hydrogen-bond donors (Lipinski definition) is 1. The molecule has 0 aromatic heterocycles. The van der Waals surface area contributed by atoms with E-state index >= 15 is 0 Å². The highest BCUT2D eigenvalue weighted by Crippen LogP contribution is 2.38. The molecule has 0 saturated carbocycles. The highest BCUT2D eigenvalue weighted by atomic mass is 16.3. The van der Waals surface area contributed by atoms with E-state index in [0.29, 0.717) is 5.41 Å². The van der Waals surface area contributed by atoms with E-state index in [-0.39, 0.29) is 6.10 Å². The minimum atomic E-state index is -0.324. The van der Waals surface area contributed by atoms with Gasteiger partial charge in [-0.3, -0.25) is 0 Å². The Kier molecular flexibility index (Phi) is 5.83. The Balaban J connectivity index is 1.78. The first-order valence-electron chi connectivity index (χ1n) is 8.55. The number of nitrogens with zero attached hydrogens (tertiary/aromatic N) is 1. The van der Waals surface area contributed by atoms with Crippen LogP contribution in [0.3, 0.4) is 0 Å². The summed E-state index contributed by atoms with van der Waals surface area (Å²) in [6.45, 7) is 10.2. The van der Waals surface area contributed by atoms with Crippen LogP contribution in [-0.4, -0.2) is 29.6 Å². The van der Waals surface area contributed by atoms with E-state index in [2.05, 4.69) is 49.9 Å². The number of aryl methyl sites for hydroxylation is 1. The molecule has 21 heavy (non-hydrogen) atoms. The van der Waals surface area contributed by atoms with Gasteiger partial charge in [0.15, 0.2) is 0 Å². The van der Waals surface area contributed by atoms with Crippen LogP contribution < -0.4 is 0 Å². The normalized spacial score (nSPS) is 20.4. The van der Waals surface area contributed by atoms with E-state index in [1.54, 1.807) is 0 Å². The molecule has 1 atom stereocenters. The highest BCUT2D eigenvalue weighted by molar-refractivity contribution is 5.23. The van der Waals surface area contributed by atoms with Crippen LogP contribution in [0.2, 0.25) is 0 Å². The molecule has 1 heterocycles. The lowest BCUT2D eigenvalue weighted by Crippen LogP contribution is -2.40. The Morgan fingerprint density at radius 2 is 1.67 bits per heavy atom. The fraction of sp³-hybridized carbons (Fsp3) is 0.684. The molecule has 0 spiro atoms. The van der Waals surface area contributed by atoms with Crippen LogP contribution in [0.1, 0.15) is 63.2 Å². The molecule has 0 bridgehead atoms. The summed E-state index contributed by atoms with van der Waals surface area (Å²) in [4.78, 5) is 2.53. The zero-order valence-electron chi connectivity index (χ0n) is 13.9. The van der Waals surface area contributed by atoms with Crippen molar-refractivity contribution >= 4 is 0 Å². The maximum absolute atomic E-state index is 10.3. The van der Waals surface area contributed by atoms with Gasteiger partial charge in [-0.2, -0.15) is 0 Å². The van der Waals surface area contributed by atoms with E-state index in [4.69, 9.17) is 0 Å². The van der Waals surface area contributed by atoms with Gasteiger partial charge < -0.3 is 10.0 Å². The average molecular weight is 289 g/mol. The molecule has 1 aromatic carbocycles. The van der Waals surface area contributed by atoms with Crippen molar-refractivity contribution < 1.29 is 5.11 Å². The SMILES string of the molecule is CCC1(CC)CCN(CCC(O)c2ccc(C)cc2)CC1. The Morgan fingerprint density at radius 1 is 1.10 bits per heavy atom. The topological polar surface area (TPSA) is 23.5 Å². The van der Waals surface area contributed by atoms with Gasteiger partial charge in [-0.05, 0) is 50.3 Å². The van der Waals surface area contributed by atoms with Crippen LogP contribution in [0, 0.1) is 12.3 Å². The van der Waals surface area contributed by atoms with Gasteiger partial charge in [0.25, 0.3) is 0 Å². The van der Waals surface area contributed by atoms with Crippen molar-refractivity contribution in [2.45, 2.75) is 59.0 Å². The summed E-state index contributed by atoms with van der Waals surface area (Å²) in [5.41, 5.74) is 2.89. The fourth-order valence-electron chi connectivity index (χ4n) is 3.47. The number of likely N-dealkylation sites (tertiary alicyclic amines) is 1. The first-order chi connectivity index (χ1) is 10.1. The average Bonchev–Trinajstić information content (AvgIpc) is 2.54. The lowest BCUT2D eigenvalue weighted by atomic mass is 9.74. The minimum Gasteiger partial charge on any atom is -0.388 e. The Morgan fingerprint density at radius 3 is 2.19 bits per heavy atom. The number of aliphatic hydroxyl groups is 1. The van der Waals surface area contributed by atoms with Gasteiger partial charge in [0, 0.05) is 6.54 Å². The second-order valence-corrected chi connectivity index (χ2v) is 6.76. The molecule has 2 rings (SSSR count). The number of piperidine rings is 1. The Hall–Kier alpha value is -0.860. The third-order valence-electron chi connectivity index (χ3n) is 5.60. The van der Waals surface area contributed by atoms with Gasteiger partial charge in [-0.25, -0.2) is 0 Å². The maximum atomic E-state index is 10.3. The molecule has 1 fully saturated rings. The monoisotopic (exact) mass is 289 g/mol. The molecule has 0 amide bonds. The van der Waals surface area contributed by atoms with E-state index in [0.717, 1.165) is 18.5 Å². The van der Waals surface area contributed by atoms with Crippen LogP contribution in [0.4, 0.5) is 0 Å². The molecular formula is C19H31NO. The summed E-state index contributed by atoms with van der Waals surface area (Å²) in [6, 6.07) is 8.26. The van der Waals surface area contributed by atoms with E-state index < -0.39 is 0 Å². The number of hydrogen-bond acceptors (Lipinski definition) is 2.